The molecule has 1 aliphatic rings. The molecule has 1 aromatic heterocycles. The molecule has 1 aromatic carbocycles. The molecule has 1 saturated carbocycles. The molecule has 0 radical (unpaired) electrons. The summed E-state index contributed by atoms with van der Waals surface area (Å²) in [5.74, 6) is 0.395. The molecule has 3 rings (SSSR count). The number of nitrogens with zero attached hydrogens (tertiary/aromatic N) is 1. The van der Waals surface area contributed by atoms with E-state index in [1.54, 1.807) is 6.07 Å². The Bertz CT molecular complexity index is 812. The smallest absolute Gasteiger partial charge is 0.297 e. The van der Waals surface area contributed by atoms with Gasteiger partial charge in [0.2, 0.25) is 0 Å². The van der Waals surface area contributed by atoms with Crippen LogP contribution in [0.4, 0.5) is 4.39 Å². The van der Waals surface area contributed by atoms with Gasteiger partial charge in [0.1, 0.15) is 11.0 Å². The van der Waals surface area contributed by atoms with E-state index >= 15 is 0 Å². The van der Waals surface area contributed by atoms with E-state index in [9.17, 15) is 14.0 Å². The van der Waals surface area contributed by atoms with Gasteiger partial charge in [0.15, 0.2) is 0 Å². The van der Waals surface area contributed by atoms with Gasteiger partial charge in [-0.05, 0) is 36.0 Å². The minimum absolute atomic E-state index is 0.0595. The molecule has 1 heterocycles. The lowest BCUT2D eigenvalue weighted by Crippen LogP contribution is -2.36. The Labute approximate surface area is 125 Å². The molecular weight excluding hydrogens is 295 g/mol. The molecule has 0 amide bonds. The third-order valence-corrected chi connectivity index (χ3v) is 4.23. The molecule has 6 heteroatoms. The molecular formula is C15H14ClFN2O2. The van der Waals surface area contributed by atoms with Crippen molar-refractivity contribution < 1.29 is 4.39 Å². The normalized spacial score (nSPS) is 20.5. The van der Waals surface area contributed by atoms with Crippen LogP contribution in [0.5, 0.6) is 0 Å². The molecule has 2 unspecified atom stereocenters. The van der Waals surface area contributed by atoms with Gasteiger partial charge in [0, 0.05) is 6.54 Å². The van der Waals surface area contributed by atoms with Gasteiger partial charge in [-0.2, -0.15) is 0 Å². The minimum atomic E-state index is -0.524. The Morgan fingerprint density at radius 3 is 2.76 bits per heavy atom. The van der Waals surface area contributed by atoms with Crippen molar-refractivity contribution in [2.24, 2.45) is 11.8 Å². The van der Waals surface area contributed by atoms with Crippen LogP contribution in [0.3, 0.4) is 0 Å². The van der Waals surface area contributed by atoms with Gasteiger partial charge < -0.3 is 0 Å². The predicted molar refractivity (Wildman–Crippen MR) is 79.0 cm³/mol. The summed E-state index contributed by atoms with van der Waals surface area (Å²) in [4.78, 5) is 26.9. The molecule has 110 valence electrons. The molecule has 2 aromatic rings. The molecule has 0 spiro atoms. The third-order valence-electron chi connectivity index (χ3n) is 3.95. The molecule has 4 nitrogen and oxygen atoms in total. The van der Waals surface area contributed by atoms with E-state index in [4.69, 9.17) is 11.6 Å². The van der Waals surface area contributed by atoms with Gasteiger partial charge in [-0.15, -0.1) is 0 Å². The second-order valence-corrected chi connectivity index (χ2v) is 5.90. The standard InChI is InChI=1S/C15H14ClFN2O2/c1-8-5-10(8)7-19-14(20)12(13(16)18-15(19)21)9-3-2-4-11(17)6-9/h2-4,6,8,10H,5,7H2,1H3,(H,18,21). The lowest BCUT2D eigenvalue weighted by Gasteiger charge is -2.09. The number of aromatic nitrogens is 2. The summed E-state index contributed by atoms with van der Waals surface area (Å²) in [6.45, 7) is 2.45. The molecule has 1 N–H and O–H groups in total. The number of rotatable bonds is 3. The van der Waals surface area contributed by atoms with Crippen molar-refractivity contribution in [3.8, 4) is 11.1 Å². The monoisotopic (exact) mass is 308 g/mol. The summed E-state index contributed by atoms with van der Waals surface area (Å²) in [7, 11) is 0. The largest absolute Gasteiger partial charge is 0.329 e. The molecule has 2 atom stereocenters. The maximum atomic E-state index is 13.3. The third kappa shape index (κ3) is 2.65. The van der Waals surface area contributed by atoms with Crippen LogP contribution >= 0.6 is 11.6 Å². The number of nitrogens with one attached hydrogen (secondary N) is 1. The Balaban J connectivity index is 2.14. The highest BCUT2D eigenvalue weighted by atomic mass is 35.5. The molecule has 0 bridgehead atoms. The molecule has 21 heavy (non-hydrogen) atoms. The fraction of sp³-hybridized carbons (Fsp3) is 0.333. The average molecular weight is 309 g/mol. The first-order valence-corrected chi connectivity index (χ1v) is 7.13. The van der Waals surface area contributed by atoms with Gasteiger partial charge >= 0.3 is 5.69 Å². The van der Waals surface area contributed by atoms with Gasteiger partial charge in [-0.3, -0.25) is 14.3 Å². The molecule has 1 aliphatic carbocycles. The second kappa shape index (κ2) is 5.15. The number of hydrogen-bond acceptors (Lipinski definition) is 2. The zero-order valence-electron chi connectivity index (χ0n) is 11.4. The fourth-order valence-corrected chi connectivity index (χ4v) is 2.76. The van der Waals surface area contributed by atoms with Crippen molar-refractivity contribution in [1.29, 1.82) is 0 Å². The van der Waals surface area contributed by atoms with Crippen LogP contribution in [0, 0.1) is 17.7 Å². The van der Waals surface area contributed by atoms with Crippen LogP contribution in [-0.2, 0) is 6.54 Å². The summed E-state index contributed by atoms with van der Waals surface area (Å²) in [6.07, 6.45) is 1.00. The van der Waals surface area contributed by atoms with Crippen LogP contribution in [0.25, 0.3) is 11.1 Å². The Hall–Kier alpha value is -1.88. The van der Waals surface area contributed by atoms with Crippen molar-refractivity contribution in [2.75, 3.05) is 0 Å². The predicted octanol–water partition coefficient (Wildman–Crippen LogP) is 2.65. The fourth-order valence-electron chi connectivity index (χ4n) is 2.49. The first-order valence-electron chi connectivity index (χ1n) is 6.76. The van der Waals surface area contributed by atoms with Crippen molar-refractivity contribution in [1.82, 2.24) is 9.55 Å². The van der Waals surface area contributed by atoms with Crippen molar-refractivity contribution in [2.45, 2.75) is 19.9 Å². The highest BCUT2D eigenvalue weighted by Crippen LogP contribution is 2.38. The summed E-state index contributed by atoms with van der Waals surface area (Å²) in [6, 6.07) is 5.60. The molecule has 0 saturated heterocycles. The Morgan fingerprint density at radius 2 is 2.14 bits per heavy atom. The van der Waals surface area contributed by atoms with Gasteiger partial charge in [0.05, 0.1) is 5.56 Å². The van der Waals surface area contributed by atoms with Crippen molar-refractivity contribution in [3.05, 3.63) is 56.1 Å². The first kappa shape index (κ1) is 14.1. The summed E-state index contributed by atoms with van der Waals surface area (Å²) < 4.78 is 14.5. The van der Waals surface area contributed by atoms with Gasteiger partial charge in [-0.25, -0.2) is 9.18 Å². The summed E-state index contributed by atoms with van der Waals surface area (Å²) in [5.41, 5.74) is -0.513. The van der Waals surface area contributed by atoms with E-state index in [0.717, 1.165) is 11.0 Å². The zero-order chi connectivity index (χ0) is 15.1. The van der Waals surface area contributed by atoms with E-state index < -0.39 is 17.1 Å². The maximum Gasteiger partial charge on any atom is 0.329 e. The van der Waals surface area contributed by atoms with E-state index in [2.05, 4.69) is 11.9 Å². The lowest BCUT2D eigenvalue weighted by molar-refractivity contribution is 0.552. The van der Waals surface area contributed by atoms with Gasteiger partial charge in [0.25, 0.3) is 5.56 Å². The summed E-state index contributed by atoms with van der Waals surface area (Å²) >= 11 is 5.98. The number of aromatic amines is 1. The molecule has 0 aliphatic heterocycles. The first-order chi connectivity index (χ1) is 9.97. The van der Waals surface area contributed by atoms with Crippen LogP contribution in [0.15, 0.2) is 33.9 Å². The average Bonchev–Trinajstić information content (AvgIpc) is 3.10. The quantitative estimate of drug-likeness (QED) is 0.886. The lowest BCUT2D eigenvalue weighted by atomic mass is 10.1. The maximum absolute atomic E-state index is 13.3. The van der Waals surface area contributed by atoms with Crippen molar-refractivity contribution >= 4 is 11.6 Å². The number of H-pyrrole nitrogens is 1. The van der Waals surface area contributed by atoms with E-state index in [1.807, 2.05) is 0 Å². The van der Waals surface area contributed by atoms with E-state index in [1.165, 1.54) is 18.2 Å². The van der Waals surface area contributed by atoms with E-state index in [0.29, 0.717) is 23.9 Å². The highest BCUT2D eigenvalue weighted by Gasteiger charge is 2.33. The SMILES string of the molecule is CC1CC1Cn1c(=O)[nH]c(Cl)c(-c2cccc(F)c2)c1=O. The highest BCUT2D eigenvalue weighted by molar-refractivity contribution is 6.32. The topological polar surface area (TPSA) is 54.9 Å². The van der Waals surface area contributed by atoms with Crippen LogP contribution in [-0.4, -0.2) is 9.55 Å². The summed E-state index contributed by atoms with van der Waals surface area (Å²) in [5, 5.41) is -0.0595. The van der Waals surface area contributed by atoms with E-state index in [-0.39, 0.29) is 10.7 Å². The molecule has 1 fully saturated rings. The zero-order valence-corrected chi connectivity index (χ0v) is 12.2. The van der Waals surface area contributed by atoms with Crippen molar-refractivity contribution in [3.63, 3.8) is 0 Å². The number of hydrogen-bond donors (Lipinski definition) is 1. The second-order valence-electron chi connectivity index (χ2n) is 5.52. The minimum Gasteiger partial charge on any atom is -0.297 e. The van der Waals surface area contributed by atoms with Crippen LogP contribution in [0.1, 0.15) is 13.3 Å². The number of halogens is 2. The Morgan fingerprint density at radius 1 is 1.43 bits per heavy atom. The van der Waals surface area contributed by atoms with Crippen LogP contribution < -0.4 is 11.2 Å². The number of benzene rings is 1. The van der Waals surface area contributed by atoms with Crippen LogP contribution in [0.2, 0.25) is 5.15 Å². The Kier molecular flexibility index (Phi) is 3.45. The van der Waals surface area contributed by atoms with Gasteiger partial charge in [-0.1, -0.05) is 30.7 Å².